The van der Waals surface area contributed by atoms with Crippen molar-refractivity contribution in [1.29, 1.82) is 0 Å². The van der Waals surface area contributed by atoms with Crippen LogP contribution >= 0.6 is 11.6 Å². The largest absolute Gasteiger partial charge is 0.487 e. The molecule has 2 bridgehead atoms. The molecule has 43 heavy (non-hydrogen) atoms. The van der Waals surface area contributed by atoms with Crippen LogP contribution in [0.2, 0.25) is 5.02 Å². The third-order valence-corrected chi connectivity index (χ3v) is 9.90. The molecule has 1 fully saturated rings. The summed E-state index contributed by atoms with van der Waals surface area (Å²) >= 11 is 6.32. The molecular formula is C34H43ClN2O6. The molecule has 3 N–H and O–H groups in total. The highest BCUT2D eigenvalue weighted by Crippen LogP contribution is 2.43. The first-order chi connectivity index (χ1) is 20.6. The van der Waals surface area contributed by atoms with Crippen molar-refractivity contribution in [2.75, 3.05) is 31.6 Å². The van der Waals surface area contributed by atoms with E-state index < -0.39 is 29.5 Å². The molecule has 5 rings (SSSR count). The molecule has 0 saturated heterocycles. The van der Waals surface area contributed by atoms with Gasteiger partial charge in [0.1, 0.15) is 12.4 Å². The fourth-order valence-electron chi connectivity index (χ4n) is 6.87. The van der Waals surface area contributed by atoms with Gasteiger partial charge in [-0.3, -0.25) is 4.79 Å². The van der Waals surface area contributed by atoms with Crippen molar-refractivity contribution in [3.05, 3.63) is 70.3 Å². The topological polar surface area (TPSA) is 111 Å². The number of ether oxygens (including phenoxy) is 1. The minimum Gasteiger partial charge on any atom is -0.487 e. The van der Waals surface area contributed by atoms with Crippen LogP contribution in [0, 0.1) is 17.8 Å². The second-order valence-electron chi connectivity index (χ2n) is 12.3. The summed E-state index contributed by atoms with van der Waals surface area (Å²) in [5.41, 5.74) is 0.594. The van der Waals surface area contributed by atoms with Crippen LogP contribution in [0.5, 0.6) is 5.75 Å². The maximum absolute atomic E-state index is 13.6. The summed E-state index contributed by atoms with van der Waals surface area (Å²) < 4.78 is 6.42. The predicted octanol–water partition coefficient (Wildman–Crippen LogP) is 5.17. The van der Waals surface area contributed by atoms with Crippen molar-refractivity contribution < 1.29 is 29.6 Å². The van der Waals surface area contributed by atoms with Crippen LogP contribution in [0.3, 0.4) is 0 Å². The summed E-state index contributed by atoms with van der Waals surface area (Å²) in [5, 5.41) is 34.1. The average Bonchev–Trinajstić information content (AvgIpc) is 3.00. The van der Waals surface area contributed by atoms with E-state index in [4.69, 9.17) is 16.3 Å². The number of aliphatic hydroxyl groups excluding tert-OH is 1. The fourth-order valence-corrected chi connectivity index (χ4v) is 7.07. The van der Waals surface area contributed by atoms with Crippen LogP contribution in [-0.2, 0) is 28.2 Å². The highest BCUT2D eigenvalue weighted by molar-refractivity contribution is 6.30. The fraction of sp³-hybridized carbons (Fsp3) is 0.529. The molecule has 5 atom stereocenters. The molecule has 232 valence electrons. The van der Waals surface area contributed by atoms with Gasteiger partial charge in [0.15, 0.2) is 5.60 Å². The first-order valence-electron chi connectivity index (χ1n) is 15.5. The number of rotatable bonds is 2. The lowest BCUT2D eigenvalue weighted by atomic mass is 9.70. The lowest BCUT2D eigenvalue weighted by molar-refractivity contribution is -0.173. The number of aryl methyl sites for hydroxylation is 1. The van der Waals surface area contributed by atoms with Crippen LogP contribution in [0.15, 0.2) is 48.6 Å². The van der Waals surface area contributed by atoms with Gasteiger partial charge >= 0.3 is 5.97 Å². The van der Waals surface area contributed by atoms with Gasteiger partial charge in [0.2, 0.25) is 5.91 Å². The lowest BCUT2D eigenvalue weighted by Gasteiger charge is -2.43. The maximum atomic E-state index is 13.6. The van der Waals surface area contributed by atoms with E-state index in [1.807, 2.05) is 30.4 Å². The van der Waals surface area contributed by atoms with E-state index in [9.17, 15) is 24.9 Å². The van der Waals surface area contributed by atoms with Crippen molar-refractivity contribution in [1.82, 2.24) is 4.90 Å². The highest BCUT2D eigenvalue weighted by atomic mass is 35.5. The second kappa shape index (κ2) is 13.3. The Morgan fingerprint density at radius 2 is 1.93 bits per heavy atom. The minimum atomic E-state index is -2.43. The molecule has 1 saturated carbocycles. The summed E-state index contributed by atoms with van der Waals surface area (Å²) in [6, 6.07) is 10.8. The summed E-state index contributed by atoms with van der Waals surface area (Å²) in [4.78, 5) is 30.1. The number of carboxylic acid groups (broad SMARTS) is 1. The quantitative estimate of drug-likeness (QED) is 0.403. The third kappa shape index (κ3) is 6.42. The Morgan fingerprint density at radius 3 is 2.65 bits per heavy atom. The zero-order chi connectivity index (χ0) is 30.7. The Balaban J connectivity index is 1.63. The number of benzene rings is 2. The maximum Gasteiger partial charge on any atom is 0.341 e. The second-order valence-corrected chi connectivity index (χ2v) is 12.7. The van der Waals surface area contributed by atoms with Crippen molar-refractivity contribution in [3.8, 4) is 5.75 Å². The van der Waals surface area contributed by atoms with Crippen LogP contribution in [0.4, 0.5) is 5.69 Å². The van der Waals surface area contributed by atoms with E-state index in [1.54, 1.807) is 32.2 Å². The molecule has 8 nitrogen and oxygen atoms in total. The van der Waals surface area contributed by atoms with Gasteiger partial charge in [-0.25, -0.2) is 4.79 Å². The summed E-state index contributed by atoms with van der Waals surface area (Å²) in [6.07, 6.45) is 8.39. The summed E-state index contributed by atoms with van der Waals surface area (Å²) in [5.74, 6) is -2.16. The molecule has 2 aliphatic heterocycles. The van der Waals surface area contributed by atoms with E-state index in [0.29, 0.717) is 49.1 Å². The molecule has 9 heteroatoms. The highest BCUT2D eigenvalue weighted by Gasteiger charge is 2.50. The number of hydrogen-bond donors (Lipinski definition) is 3. The first-order valence-corrected chi connectivity index (χ1v) is 15.9. The monoisotopic (exact) mass is 610 g/mol. The third-order valence-electron chi connectivity index (χ3n) is 9.66. The van der Waals surface area contributed by atoms with Crippen molar-refractivity contribution in [2.45, 2.75) is 70.2 Å². The Bertz CT molecular complexity index is 1360. The van der Waals surface area contributed by atoms with Gasteiger partial charge in [-0.15, -0.1) is 0 Å². The number of aliphatic carboxylic acids is 1. The van der Waals surface area contributed by atoms with Crippen molar-refractivity contribution in [2.24, 2.45) is 17.8 Å². The average molecular weight is 611 g/mol. The van der Waals surface area contributed by atoms with Gasteiger partial charge in [0.05, 0.1) is 17.7 Å². The van der Waals surface area contributed by atoms with E-state index in [1.165, 1.54) is 4.90 Å². The lowest BCUT2D eigenvalue weighted by Crippen LogP contribution is -2.50. The number of hydrogen-bond acceptors (Lipinski definition) is 6. The molecule has 2 aromatic rings. The summed E-state index contributed by atoms with van der Waals surface area (Å²) in [6.45, 7) is 3.74. The molecule has 3 aliphatic rings. The molecule has 0 aromatic heterocycles. The Hall–Kier alpha value is -3.07. The van der Waals surface area contributed by atoms with Gasteiger partial charge in [-0.1, -0.05) is 42.8 Å². The van der Waals surface area contributed by atoms with Crippen LogP contribution < -0.4 is 9.64 Å². The molecule has 1 aliphatic carbocycles. The van der Waals surface area contributed by atoms with Gasteiger partial charge in [0.25, 0.3) is 0 Å². The zero-order valence-corrected chi connectivity index (χ0v) is 25.8. The Kier molecular flexibility index (Phi) is 9.69. The van der Waals surface area contributed by atoms with Gasteiger partial charge < -0.3 is 29.9 Å². The normalized spacial score (nSPS) is 29.3. The van der Waals surface area contributed by atoms with Crippen LogP contribution in [0.25, 0.3) is 0 Å². The molecular weight excluding hydrogens is 568 g/mol. The van der Waals surface area contributed by atoms with Crippen molar-refractivity contribution >= 4 is 29.2 Å². The van der Waals surface area contributed by atoms with E-state index in [2.05, 4.69) is 4.90 Å². The Morgan fingerprint density at radius 1 is 1.12 bits per heavy atom. The molecule has 0 radical (unpaired) electrons. The number of fused-ring (bicyclic) bond motifs is 3. The number of carbonyl (C=O) groups excluding carboxylic acids is 1. The van der Waals surface area contributed by atoms with E-state index in [0.717, 1.165) is 43.2 Å². The number of halogens is 1. The number of nitrogens with zero attached hydrogens (tertiary/aromatic N) is 2. The molecule has 2 aromatic carbocycles. The number of anilines is 1. The summed E-state index contributed by atoms with van der Waals surface area (Å²) in [7, 11) is 1.62. The van der Waals surface area contributed by atoms with E-state index >= 15 is 0 Å². The van der Waals surface area contributed by atoms with Gasteiger partial charge in [-0.2, -0.15) is 0 Å². The van der Waals surface area contributed by atoms with Gasteiger partial charge in [-0.05, 0) is 97.7 Å². The number of carbonyl (C=O) groups is 2. The number of amides is 1. The van der Waals surface area contributed by atoms with Crippen molar-refractivity contribution in [3.63, 3.8) is 0 Å². The SMILES string of the molecule is CCC1C(=O)N(C)CC/C=C/[C@H](O)[C@@H]2CC[C@H]2CN2CCCCc3cc(Cl)ccc3COc3ccc(cc32)[C@]1(O)C(=O)O. The molecule has 2 heterocycles. The number of carboxylic acids is 1. The Labute approximate surface area is 258 Å². The zero-order valence-electron chi connectivity index (χ0n) is 25.0. The standard InChI is InChI=1S/C34H43ClN2O6/c1-3-28-32(39)36(2)16-6-5-9-30(38)27-14-11-23(27)20-37-17-7-4-8-22-18-26(35)13-10-24(22)21-43-31-15-12-25(19-29(31)37)34(28,42)33(40)41/h5,9-10,12-13,15,18-19,23,27-28,30,38,42H,3-4,6-8,11,14,16-17,20-21H2,1-2H3,(H,40,41)/b9-5+/t23-,27+,28?,30-,34+/m0/s1. The first kappa shape index (κ1) is 31.4. The van der Waals surface area contributed by atoms with Crippen LogP contribution in [-0.4, -0.2) is 64.9 Å². The smallest absolute Gasteiger partial charge is 0.341 e. The van der Waals surface area contributed by atoms with Gasteiger partial charge in [0, 0.05) is 31.7 Å². The molecule has 1 amide bonds. The minimum absolute atomic E-state index is 0.112. The number of aliphatic hydroxyl groups is 2. The van der Waals surface area contributed by atoms with E-state index in [-0.39, 0.29) is 23.8 Å². The van der Waals surface area contributed by atoms with Crippen LogP contribution in [0.1, 0.15) is 62.1 Å². The predicted molar refractivity (Wildman–Crippen MR) is 166 cm³/mol. The molecule has 1 unspecified atom stereocenters. The molecule has 0 spiro atoms.